The van der Waals surface area contributed by atoms with E-state index >= 15 is 0 Å². The zero-order valence-electron chi connectivity index (χ0n) is 10.7. The lowest BCUT2D eigenvalue weighted by atomic mass is 10.1. The number of nitrogens with zero attached hydrogens (tertiary/aromatic N) is 1. The van der Waals surface area contributed by atoms with Crippen molar-refractivity contribution in [3.63, 3.8) is 0 Å². The van der Waals surface area contributed by atoms with Gasteiger partial charge in [0.1, 0.15) is 0 Å². The highest BCUT2D eigenvalue weighted by atomic mass is 19.4. The maximum Gasteiger partial charge on any atom is 0.389 e. The Morgan fingerprint density at radius 2 is 2.06 bits per heavy atom. The molecular formula is C13H19F3N2. The summed E-state index contributed by atoms with van der Waals surface area (Å²) in [5.74, 6) is 0. The van der Waals surface area contributed by atoms with Crippen LogP contribution >= 0.6 is 0 Å². The highest BCUT2D eigenvalue weighted by molar-refractivity contribution is 5.12. The fraction of sp³-hybridized carbons (Fsp3) is 0.615. The maximum atomic E-state index is 12.0. The number of pyridine rings is 1. The molecule has 0 aliphatic rings. The lowest BCUT2D eigenvalue weighted by Crippen LogP contribution is -2.29. The Bertz CT molecular complexity index is 338. The third-order valence-electron chi connectivity index (χ3n) is 2.82. The van der Waals surface area contributed by atoms with Gasteiger partial charge in [0.05, 0.1) is 0 Å². The Morgan fingerprint density at radius 1 is 1.33 bits per heavy atom. The predicted molar refractivity (Wildman–Crippen MR) is 65.2 cm³/mol. The van der Waals surface area contributed by atoms with Gasteiger partial charge < -0.3 is 5.32 Å². The molecule has 2 atom stereocenters. The first-order chi connectivity index (χ1) is 8.38. The van der Waals surface area contributed by atoms with Crippen LogP contribution < -0.4 is 5.32 Å². The molecule has 1 heterocycles. The quantitative estimate of drug-likeness (QED) is 0.840. The summed E-state index contributed by atoms with van der Waals surface area (Å²) >= 11 is 0. The van der Waals surface area contributed by atoms with E-state index in [0.717, 1.165) is 5.56 Å². The third-order valence-corrected chi connectivity index (χ3v) is 2.82. The van der Waals surface area contributed by atoms with Gasteiger partial charge in [-0.3, -0.25) is 4.98 Å². The van der Waals surface area contributed by atoms with Crippen LogP contribution in [0.1, 0.15) is 44.7 Å². The van der Waals surface area contributed by atoms with E-state index in [9.17, 15) is 13.2 Å². The van der Waals surface area contributed by atoms with E-state index in [0.29, 0.717) is 6.42 Å². The van der Waals surface area contributed by atoms with Crippen LogP contribution in [0.2, 0.25) is 0 Å². The summed E-state index contributed by atoms with van der Waals surface area (Å²) < 4.78 is 36.0. The number of rotatable bonds is 6. The van der Waals surface area contributed by atoms with Gasteiger partial charge in [0.15, 0.2) is 0 Å². The van der Waals surface area contributed by atoms with Crippen LogP contribution in [0.3, 0.4) is 0 Å². The van der Waals surface area contributed by atoms with Crippen molar-refractivity contribution in [3.8, 4) is 0 Å². The highest BCUT2D eigenvalue weighted by Gasteiger charge is 2.26. The summed E-state index contributed by atoms with van der Waals surface area (Å²) in [5, 5.41) is 3.28. The van der Waals surface area contributed by atoms with Crippen molar-refractivity contribution >= 4 is 0 Å². The molecule has 2 nitrogen and oxygen atoms in total. The standard InChI is InChI=1S/C13H19F3N2/c1-10(5-3-7-13(14,15)16)18-11(2)12-6-4-8-17-9-12/h4,6,8-11,18H,3,5,7H2,1-2H3/t10?,11-/m0/s1. The van der Waals surface area contributed by atoms with E-state index in [4.69, 9.17) is 0 Å². The van der Waals surface area contributed by atoms with Gasteiger partial charge in [0.25, 0.3) is 0 Å². The van der Waals surface area contributed by atoms with Crippen molar-refractivity contribution < 1.29 is 13.2 Å². The van der Waals surface area contributed by atoms with Gasteiger partial charge in [-0.2, -0.15) is 13.2 Å². The SMILES string of the molecule is CC(CCCC(F)(F)F)N[C@@H](C)c1cccnc1. The van der Waals surface area contributed by atoms with Gasteiger partial charge in [-0.15, -0.1) is 0 Å². The molecule has 0 aliphatic heterocycles. The summed E-state index contributed by atoms with van der Waals surface area (Å²) in [7, 11) is 0. The zero-order chi connectivity index (χ0) is 13.6. The van der Waals surface area contributed by atoms with Crippen LogP contribution in [-0.4, -0.2) is 17.2 Å². The van der Waals surface area contributed by atoms with Crippen molar-refractivity contribution in [2.75, 3.05) is 0 Å². The molecule has 0 spiro atoms. The Balaban J connectivity index is 2.30. The molecule has 0 fully saturated rings. The molecule has 5 heteroatoms. The third kappa shape index (κ3) is 6.00. The summed E-state index contributed by atoms with van der Waals surface area (Å²) in [4.78, 5) is 4.02. The zero-order valence-corrected chi connectivity index (χ0v) is 10.7. The topological polar surface area (TPSA) is 24.9 Å². The van der Waals surface area contributed by atoms with Gasteiger partial charge >= 0.3 is 6.18 Å². The maximum absolute atomic E-state index is 12.0. The van der Waals surface area contributed by atoms with Gasteiger partial charge in [-0.1, -0.05) is 6.07 Å². The van der Waals surface area contributed by atoms with Crippen molar-refractivity contribution in [1.82, 2.24) is 10.3 Å². The predicted octanol–water partition coefficient (Wildman–Crippen LogP) is 3.85. The Hall–Kier alpha value is -1.10. The van der Waals surface area contributed by atoms with Gasteiger partial charge in [-0.05, 0) is 38.3 Å². The number of hydrogen-bond acceptors (Lipinski definition) is 2. The average molecular weight is 260 g/mol. The second-order valence-corrected chi connectivity index (χ2v) is 4.58. The average Bonchev–Trinajstić information content (AvgIpc) is 2.28. The number of aromatic nitrogens is 1. The first-order valence-corrected chi connectivity index (χ1v) is 6.11. The second kappa shape index (κ2) is 6.73. The van der Waals surface area contributed by atoms with Crippen LogP contribution in [0.4, 0.5) is 13.2 Å². The summed E-state index contributed by atoms with van der Waals surface area (Å²) in [6.07, 6.45) is -0.612. The summed E-state index contributed by atoms with van der Waals surface area (Å²) in [5.41, 5.74) is 1.04. The van der Waals surface area contributed by atoms with E-state index in [1.54, 1.807) is 12.4 Å². The molecular weight excluding hydrogens is 241 g/mol. The minimum atomic E-state index is -4.05. The largest absolute Gasteiger partial charge is 0.389 e. The van der Waals surface area contributed by atoms with Crippen molar-refractivity contribution in [2.24, 2.45) is 0 Å². The Morgan fingerprint density at radius 3 is 2.61 bits per heavy atom. The van der Waals surface area contributed by atoms with E-state index < -0.39 is 12.6 Å². The molecule has 1 aromatic rings. The lowest BCUT2D eigenvalue weighted by Gasteiger charge is -2.20. The van der Waals surface area contributed by atoms with Crippen molar-refractivity contribution in [3.05, 3.63) is 30.1 Å². The summed E-state index contributed by atoms with van der Waals surface area (Å²) in [6.45, 7) is 3.89. The minimum absolute atomic E-state index is 0.0579. The molecule has 0 radical (unpaired) electrons. The van der Waals surface area contributed by atoms with Crippen LogP contribution in [0.15, 0.2) is 24.5 Å². The Labute approximate surface area is 106 Å². The molecule has 0 bridgehead atoms. The van der Waals surface area contributed by atoms with E-state index in [2.05, 4.69) is 10.3 Å². The van der Waals surface area contributed by atoms with Crippen molar-refractivity contribution in [1.29, 1.82) is 0 Å². The van der Waals surface area contributed by atoms with Crippen LogP contribution in [0.5, 0.6) is 0 Å². The monoisotopic (exact) mass is 260 g/mol. The van der Waals surface area contributed by atoms with Gasteiger partial charge in [0.2, 0.25) is 0 Å². The lowest BCUT2D eigenvalue weighted by molar-refractivity contribution is -0.135. The molecule has 1 unspecified atom stereocenters. The second-order valence-electron chi connectivity index (χ2n) is 4.58. The minimum Gasteiger partial charge on any atom is -0.308 e. The number of halogens is 3. The first kappa shape index (κ1) is 15.0. The fourth-order valence-electron chi connectivity index (χ4n) is 1.85. The first-order valence-electron chi connectivity index (χ1n) is 6.11. The molecule has 0 saturated carbocycles. The molecule has 1 rings (SSSR count). The van der Waals surface area contributed by atoms with E-state index in [1.165, 1.54) is 0 Å². The van der Waals surface area contributed by atoms with E-state index in [1.807, 2.05) is 26.0 Å². The smallest absolute Gasteiger partial charge is 0.308 e. The van der Waals surface area contributed by atoms with Crippen LogP contribution in [0, 0.1) is 0 Å². The number of hydrogen-bond donors (Lipinski definition) is 1. The van der Waals surface area contributed by atoms with Gasteiger partial charge in [0, 0.05) is 30.9 Å². The normalized spacial score (nSPS) is 15.4. The summed E-state index contributed by atoms with van der Waals surface area (Å²) in [6, 6.07) is 3.96. The van der Waals surface area contributed by atoms with Gasteiger partial charge in [-0.25, -0.2) is 0 Å². The molecule has 102 valence electrons. The van der Waals surface area contributed by atoms with E-state index in [-0.39, 0.29) is 18.5 Å². The number of alkyl halides is 3. The molecule has 0 aliphatic carbocycles. The highest BCUT2D eigenvalue weighted by Crippen LogP contribution is 2.23. The molecule has 0 amide bonds. The van der Waals surface area contributed by atoms with Crippen LogP contribution in [-0.2, 0) is 0 Å². The van der Waals surface area contributed by atoms with Crippen molar-refractivity contribution in [2.45, 2.75) is 51.4 Å². The molecule has 0 saturated heterocycles. The van der Waals surface area contributed by atoms with Crippen LogP contribution in [0.25, 0.3) is 0 Å². The molecule has 1 aromatic heterocycles. The number of nitrogens with one attached hydrogen (secondary N) is 1. The Kier molecular flexibility index (Phi) is 5.59. The molecule has 0 aromatic carbocycles. The fourth-order valence-corrected chi connectivity index (χ4v) is 1.85. The molecule has 18 heavy (non-hydrogen) atoms. The molecule has 1 N–H and O–H groups in total.